The van der Waals surface area contributed by atoms with Gasteiger partial charge in [-0.05, 0) is 24.1 Å². The van der Waals surface area contributed by atoms with Gasteiger partial charge in [-0.25, -0.2) is 4.39 Å². The van der Waals surface area contributed by atoms with E-state index in [4.69, 9.17) is 11.6 Å². The second-order valence-corrected chi connectivity index (χ2v) is 5.94. The van der Waals surface area contributed by atoms with Gasteiger partial charge in [0.15, 0.2) is 0 Å². The Hall–Kier alpha value is -0.120. The lowest BCUT2D eigenvalue weighted by Gasteiger charge is -2.19. The van der Waals surface area contributed by atoms with Gasteiger partial charge in [-0.15, -0.1) is 11.6 Å². The van der Waals surface area contributed by atoms with Crippen molar-refractivity contribution in [2.24, 2.45) is 5.92 Å². The summed E-state index contributed by atoms with van der Waals surface area (Å²) in [5.74, 6) is 0.339. The topological polar surface area (TPSA) is 12.0 Å². The third-order valence-electron chi connectivity index (χ3n) is 3.22. The van der Waals surface area contributed by atoms with E-state index in [0.29, 0.717) is 24.6 Å². The van der Waals surface area contributed by atoms with E-state index >= 15 is 0 Å². The Bertz CT molecular complexity index is 369. The van der Waals surface area contributed by atoms with Crippen molar-refractivity contribution < 1.29 is 4.39 Å². The number of nitrogens with one attached hydrogen (secondary N) is 1. The predicted molar refractivity (Wildman–Crippen MR) is 79.5 cm³/mol. The lowest BCUT2D eigenvalue weighted by molar-refractivity contribution is 0.444. The van der Waals surface area contributed by atoms with Crippen LogP contribution < -0.4 is 5.32 Å². The summed E-state index contributed by atoms with van der Waals surface area (Å²) in [4.78, 5) is 0. The number of halogens is 3. The van der Waals surface area contributed by atoms with Crippen LogP contribution in [0.1, 0.15) is 32.3 Å². The zero-order valence-electron chi connectivity index (χ0n) is 10.8. The van der Waals surface area contributed by atoms with Gasteiger partial charge < -0.3 is 5.32 Å². The fraction of sp³-hybridized carbons (Fsp3) is 0.571. The first kappa shape index (κ1) is 15.9. The predicted octanol–water partition coefficient (Wildman–Crippen LogP) is 4.72. The molecule has 0 amide bonds. The van der Waals surface area contributed by atoms with Crippen molar-refractivity contribution in [3.8, 4) is 0 Å². The van der Waals surface area contributed by atoms with Gasteiger partial charge >= 0.3 is 0 Å². The average Bonchev–Trinajstić information content (AvgIpc) is 2.35. The van der Waals surface area contributed by atoms with Crippen LogP contribution in [0.4, 0.5) is 4.39 Å². The Labute approximate surface area is 122 Å². The van der Waals surface area contributed by atoms with Crippen LogP contribution in [0.5, 0.6) is 0 Å². The first-order valence-electron chi connectivity index (χ1n) is 6.37. The second-order valence-electron chi connectivity index (χ2n) is 4.46. The third-order valence-corrected chi connectivity index (χ3v) is 4.23. The molecular formula is C14H20BrClFN. The Morgan fingerprint density at radius 2 is 2.00 bits per heavy atom. The van der Waals surface area contributed by atoms with E-state index < -0.39 is 0 Å². The summed E-state index contributed by atoms with van der Waals surface area (Å²) >= 11 is 9.66. The van der Waals surface area contributed by atoms with Crippen molar-refractivity contribution in [2.45, 2.75) is 38.6 Å². The fourth-order valence-corrected chi connectivity index (χ4v) is 2.86. The maximum atomic E-state index is 13.5. The summed E-state index contributed by atoms with van der Waals surface area (Å²) in [5, 5.41) is 3.33. The normalized spacial score (nSPS) is 13.0. The molecule has 1 N–H and O–H groups in total. The molecular weight excluding hydrogens is 317 g/mol. The van der Waals surface area contributed by atoms with E-state index in [1.165, 1.54) is 6.07 Å². The van der Waals surface area contributed by atoms with Crippen molar-refractivity contribution in [3.63, 3.8) is 0 Å². The maximum Gasteiger partial charge on any atom is 0.127 e. The highest BCUT2D eigenvalue weighted by molar-refractivity contribution is 9.10. The standard InChI is InChI=1S/C14H20BrClFN/c1-3-10(4-2)13(16)9-18-8-11-7-12(15)5-6-14(11)17/h5-7,10,13,18H,3-4,8-9H2,1-2H3. The zero-order chi connectivity index (χ0) is 13.5. The minimum atomic E-state index is -0.181. The van der Waals surface area contributed by atoms with E-state index in [1.54, 1.807) is 12.1 Å². The SMILES string of the molecule is CCC(CC)C(Cl)CNCc1cc(Br)ccc1F. The molecule has 0 spiro atoms. The molecule has 0 fully saturated rings. The summed E-state index contributed by atoms with van der Waals surface area (Å²) in [6.45, 7) is 5.52. The summed E-state index contributed by atoms with van der Waals surface area (Å²) in [5.41, 5.74) is 0.665. The number of hydrogen-bond acceptors (Lipinski definition) is 1. The molecule has 0 saturated carbocycles. The van der Waals surface area contributed by atoms with Gasteiger partial charge in [0.05, 0.1) is 0 Å². The van der Waals surface area contributed by atoms with Crippen LogP contribution in [0, 0.1) is 11.7 Å². The molecule has 0 aliphatic heterocycles. The quantitative estimate of drug-likeness (QED) is 0.710. The van der Waals surface area contributed by atoms with Gasteiger partial charge in [0.25, 0.3) is 0 Å². The molecule has 18 heavy (non-hydrogen) atoms. The van der Waals surface area contributed by atoms with Crippen LogP contribution in [0.25, 0.3) is 0 Å². The first-order valence-corrected chi connectivity index (χ1v) is 7.60. The van der Waals surface area contributed by atoms with Crippen LogP contribution in [-0.2, 0) is 6.54 Å². The van der Waals surface area contributed by atoms with Gasteiger partial charge in [0, 0.05) is 28.5 Å². The highest BCUT2D eigenvalue weighted by atomic mass is 79.9. The molecule has 0 saturated heterocycles. The van der Waals surface area contributed by atoms with E-state index in [-0.39, 0.29) is 11.2 Å². The Balaban J connectivity index is 2.44. The monoisotopic (exact) mass is 335 g/mol. The third kappa shape index (κ3) is 4.87. The van der Waals surface area contributed by atoms with Gasteiger partial charge in [-0.3, -0.25) is 0 Å². The van der Waals surface area contributed by atoms with E-state index in [9.17, 15) is 4.39 Å². The van der Waals surface area contributed by atoms with Crippen molar-refractivity contribution in [1.82, 2.24) is 5.32 Å². The fourth-order valence-electron chi connectivity index (χ4n) is 1.99. The van der Waals surface area contributed by atoms with Crippen LogP contribution >= 0.6 is 27.5 Å². The van der Waals surface area contributed by atoms with Gasteiger partial charge in [0.1, 0.15) is 5.82 Å². The van der Waals surface area contributed by atoms with Crippen molar-refractivity contribution in [2.75, 3.05) is 6.54 Å². The van der Waals surface area contributed by atoms with E-state index in [2.05, 4.69) is 35.1 Å². The van der Waals surface area contributed by atoms with E-state index in [0.717, 1.165) is 17.3 Å². The van der Waals surface area contributed by atoms with E-state index in [1.807, 2.05) is 0 Å². The molecule has 0 aromatic heterocycles. The lowest BCUT2D eigenvalue weighted by atomic mass is 9.99. The number of rotatable bonds is 7. The highest BCUT2D eigenvalue weighted by Gasteiger charge is 2.15. The molecule has 4 heteroatoms. The molecule has 0 heterocycles. The lowest BCUT2D eigenvalue weighted by Crippen LogP contribution is -2.28. The minimum Gasteiger partial charge on any atom is -0.311 e. The average molecular weight is 337 g/mol. The van der Waals surface area contributed by atoms with Gasteiger partial charge in [-0.1, -0.05) is 42.6 Å². The van der Waals surface area contributed by atoms with Crippen LogP contribution in [0.2, 0.25) is 0 Å². The smallest absolute Gasteiger partial charge is 0.127 e. The van der Waals surface area contributed by atoms with Crippen molar-refractivity contribution in [1.29, 1.82) is 0 Å². The molecule has 1 aromatic carbocycles. The van der Waals surface area contributed by atoms with Crippen molar-refractivity contribution >= 4 is 27.5 Å². The van der Waals surface area contributed by atoms with Gasteiger partial charge in [-0.2, -0.15) is 0 Å². The summed E-state index contributed by atoms with van der Waals surface area (Å²) in [7, 11) is 0. The molecule has 1 unspecified atom stereocenters. The zero-order valence-corrected chi connectivity index (χ0v) is 13.2. The minimum absolute atomic E-state index is 0.107. The molecule has 0 aliphatic rings. The number of benzene rings is 1. The summed E-state index contributed by atoms with van der Waals surface area (Å²) < 4.78 is 14.4. The molecule has 0 radical (unpaired) electrons. The first-order chi connectivity index (χ1) is 8.58. The number of alkyl halides is 1. The highest BCUT2D eigenvalue weighted by Crippen LogP contribution is 2.18. The summed E-state index contributed by atoms with van der Waals surface area (Å²) in [6, 6.07) is 4.97. The summed E-state index contributed by atoms with van der Waals surface area (Å²) in [6.07, 6.45) is 2.16. The Morgan fingerprint density at radius 1 is 1.33 bits per heavy atom. The molecule has 0 aliphatic carbocycles. The Kier molecular flexibility index (Phi) is 7.20. The molecule has 1 rings (SSSR count). The second kappa shape index (κ2) is 8.13. The number of hydrogen-bond donors (Lipinski definition) is 1. The molecule has 102 valence electrons. The van der Waals surface area contributed by atoms with Gasteiger partial charge in [0.2, 0.25) is 0 Å². The molecule has 0 bridgehead atoms. The Morgan fingerprint density at radius 3 is 2.61 bits per heavy atom. The molecule has 1 nitrogen and oxygen atoms in total. The largest absolute Gasteiger partial charge is 0.311 e. The maximum absolute atomic E-state index is 13.5. The van der Waals surface area contributed by atoms with Crippen LogP contribution in [0.15, 0.2) is 22.7 Å². The van der Waals surface area contributed by atoms with Crippen LogP contribution in [-0.4, -0.2) is 11.9 Å². The molecule has 1 aromatic rings. The van der Waals surface area contributed by atoms with Crippen LogP contribution in [0.3, 0.4) is 0 Å². The van der Waals surface area contributed by atoms with Crippen molar-refractivity contribution in [3.05, 3.63) is 34.1 Å². The molecule has 1 atom stereocenters.